The second-order valence-electron chi connectivity index (χ2n) is 6.04. The van der Waals surface area contributed by atoms with E-state index in [-0.39, 0.29) is 11.1 Å². The van der Waals surface area contributed by atoms with Gasteiger partial charge in [0.2, 0.25) is 0 Å². The van der Waals surface area contributed by atoms with Crippen LogP contribution in [0.15, 0.2) is 69.9 Å². The summed E-state index contributed by atoms with van der Waals surface area (Å²) in [4.78, 5) is 25.6. The Morgan fingerprint density at radius 2 is 1.90 bits per heavy atom. The number of hydrogen-bond donors (Lipinski definition) is 2. The van der Waals surface area contributed by atoms with Crippen molar-refractivity contribution in [1.82, 2.24) is 15.2 Å². The number of anilines is 1. The van der Waals surface area contributed by atoms with Gasteiger partial charge in [-0.2, -0.15) is 14.9 Å². The van der Waals surface area contributed by atoms with Crippen molar-refractivity contribution < 1.29 is 4.79 Å². The van der Waals surface area contributed by atoms with Crippen LogP contribution >= 0.6 is 22.9 Å². The molecule has 0 spiro atoms. The van der Waals surface area contributed by atoms with Crippen molar-refractivity contribution in [1.29, 1.82) is 0 Å². The van der Waals surface area contributed by atoms with E-state index in [2.05, 4.69) is 15.6 Å². The zero-order valence-electron chi connectivity index (χ0n) is 14.9. The standard InChI is InChI=1S/C20H14ClN5O2S/c21-13-6-8-14(9-7-13)26-20(28)16-15(11-29-18(16)22)17(25-26)19(27)24-23-10-12-4-2-1-3-5-12/h1-11H,22H2,(H,24,27)/b23-10+. The van der Waals surface area contributed by atoms with Gasteiger partial charge in [-0.05, 0) is 29.8 Å². The van der Waals surface area contributed by atoms with E-state index in [0.29, 0.717) is 21.1 Å². The van der Waals surface area contributed by atoms with Crippen LogP contribution in [0.5, 0.6) is 0 Å². The molecular weight excluding hydrogens is 410 g/mol. The summed E-state index contributed by atoms with van der Waals surface area (Å²) >= 11 is 7.10. The highest BCUT2D eigenvalue weighted by Gasteiger charge is 2.20. The number of nitrogens with zero attached hydrogens (tertiary/aromatic N) is 3. The molecular formula is C20H14ClN5O2S. The Morgan fingerprint density at radius 3 is 2.62 bits per heavy atom. The summed E-state index contributed by atoms with van der Waals surface area (Å²) in [6, 6.07) is 15.9. The number of benzene rings is 2. The minimum atomic E-state index is -0.553. The molecule has 0 aliphatic carbocycles. The monoisotopic (exact) mass is 423 g/mol. The summed E-state index contributed by atoms with van der Waals surface area (Å²) in [5, 5.41) is 11.3. The van der Waals surface area contributed by atoms with Crippen molar-refractivity contribution in [3.63, 3.8) is 0 Å². The molecule has 3 N–H and O–H groups in total. The van der Waals surface area contributed by atoms with E-state index >= 15 is 0 Å². The number of halogens is 1. The molecule has 1 amide bonds. The molecule has 9 heteroatoms. The van der Waals surface area contributed by atoms with E-state index in [1.807, 2.05) is 30.3 Å². The number of thiophene rings is 1. The SMILES string of the molecule is Nc1scc2c(C(=O)N/N=C/c3ccccc3)nn(-c3ccc(Cl)cc3)c(=O)c12. The maximum absolute atomic E-state index is 12.9. The lowest BCUT2D eigenvalue weighted by Gasteiger charge is -2.08. The molecule has 0 aliphatic heterocycles. The molecule has 4 aromatic rings. The number of nitrogens with one attached hydrogen (secondary N) is 1. The molecule has 0 radical (unpaired) electrons. The first-order chi connectivity index (χ1) is 14.0. The van der Waals surface area contributed by atoms with E-state index in [0.717, 1.165) is 10.2 Å². The molecule has 0 aliphatic rings. The topological polar surface area (TPSA) is 102 Å². The molecule has 2 aromatic heterocycles. The highest BCUT2D eigenvalue weighted by Crippen LogP contribution is 2.27. The fourth-order valence-electron chi connectivity index (χ4n) is 2.76. The van der Waals surface area contributed by atoms with Gasteiger partial charge in [-0.1, -0.05) is 41.9 Å². The average Bonchev–Trinajstić information content (AvgIpc) is 3.12. The van der Waals surface area contributed by atoms with Gasteiger partial charge in [-0.25, -0.2) is 5.43 Å². The highest BCUT2D eigenvalue weighted by molar-refractivity contribution is 7.15. The third-order valence-corrected chi connectivity index (χ3v) is 5.21. The summed E-state index contributed by atoms with van der Waals surface area (Å²) in [5.74, 6) is -0.553. The maximum atomic E-state index is 12.9. The van der Waals surface area contributed by atoms with Crippen LogP contribution < -0.4 is 16.7 Å². The quantitative estimate of drug-likeness (QED) is 0.387. The summed E-state index contributed by atoms with van der Waals surface area (Å²) in [5.41, 5.74) is 9.37. The normalized spacial score (nSPS) is 11.2. The third kappa shape index (κ3) is 3.75. The Hall–Kier alpha value is -3.49. The number of nitrogen functional groups attached to an aromatic ring is 1. The summed E-state index contributed by atoms with van der Waals surface area (Å²) in [7, 11) is 0. The minimum absolute atomic E-state index is 0.0488. The Bertz CT molecular complexity index is 1280. The Labute approximate surface area is 174 Å². The van der Waals surface area contributed by atoms with E-state index in [4.69, 9.17) is 17.3 Å². The van der Waals surface area contributed by atoms with Crippen molar-refractivity contribution in [2.24, 2.45) is 5.10 Å². The van der Waals surface area contributed by atoms with Gasteiger partial charge in [-0.15, -0.1) is 11.3 Å². The van der Waals surface area contributed by atoms with Crippen LogP contribution in [0.25, 0.3) is 16.5 Å². The smallest absolute Gasteiger partial charge is 0.292 e. The second kappa shape index (κ2) is 7.86. The largest absolute Gasteiger partial charge is 0.390 e. The van der Waals surface area contributed by atoms with Gasteiger partial charge >= 0.3 is 0 Å². The number of nitrogens with two attached hydrogens (primary N) is 1. The van der Waals surface area contributed by atoms with Crippen LogP contribution in [0.1, 0.15) is 16.1 Å². The number of carbonyl (C=O) groups is 1. The fraction of sp³-hybridized carbons (Fsp3) is 0. The van der Waals surface area contributed by atoms with Gasteiger partial charge in [0.1, 0.15) is 0 Å². The Kier molecular flexibility index (Phi) is 5.11. The van der Waals surface area contributed by atoms with Gasteiger partial charge < -0.3 is 5.73 Å². The van der Waals surface area contributed by atoms with E-state index in [1.54, 1.807) is 29.6 Å². The van der Waals surface area contributed by atoms with Gasteiger partial charge in [0, 0.05) is 15.8 Å². The van der Waals surface area contributed by atoms with Crippen LogP contribution in [0.2, 0.25) is 5.02 Å². The molecule has 0 atom stereocenters. The van der Waals surface area contributed by atoms with Crippen LogP contribution in [0.4, 0.5) is 5.00 Å². The molecule has 2 aromatic carbocycles. The highest BCUT2D eigenvalue weighted by atomic mass is 35.5. The molecule has 144 valence electrons. The van der Waals surface area contributed by atoms with Crippen LogP contribution in [-0.2, 0) is 0 Å². The van der Waals surface area contributed by atoms with Crippen LogP contribution in [0.3, 0.4) is 0 Å². The lowest BCUT2D eigenvalue weighted by atomic mass is 10.2. The lowest BCUT2D eigenvalue weighted by Crippen LogP contribution is -2.28. The van der Waals surface area contributed by atoms with Crippen molar-refractivity contribution in [2.45, 2.75) is 0 Å². The number of hydrazone groups is 1. The van der Waals surface area contributed by atoms with E-state index < -0.39 is 11.5 Å². The number of rotatable bonds is 4. The average molecular weight is 424 g/mol. The van der Waals surface area contributed by atoms with Crippen LogP contribution in [0, 0.1) is 0 Å². The molecule has 0 bridgehead atoms. The van der Waals surface area contributed by atoms with Gasteiger partial charge in [-0.3, -0.25) is 9.59 Å². The third-order valence-electron chi connectivity index (χ3n) is 4.15. The van der Waals surface area contributed by atoms with Crippen LogP contribution in [-0.4, -0.2) is 21.9 Å². The number of aromatic nitrogens is 2. The zero-order valence-corrected chi connectivity index (χ0v) is 16.4. The van der Waals surface area contributed by atoms with Crippen molar-refractivity contribution in [2.75, 3.05) is 5.73 Å². The van der Waals surface area contributed by atoms with E-state index in [1.165, 1.54) is 17.6 Å². The summed E-state index contributed by atoms with van der Waals surface area (Å²) in [6.45, 7) is 0. The van der Waals surface area contributed by atoms with Gasteiger partial charge in [0.25, 0.3) is 11.5 Å². The molecule has 0 saturated heterocycles. The number of carbonyl (C=O) groups excluding carboxylic acids is 1. The van der Waals surface area contributed by atoms with Crippen molar-refractivity contribution >= 4 is 50.8 Å². The molecule has 0 unspecified atom stereocenters. The summed E-state index contributed by atoms with van der Waals surface area (Å²) < 4.78 is 1.14. The maximum Gasteiger partial charge on any atom is 0.292 e. The second-order valence-corrected chi connectivity index (χ2v) is 7.39. The minimum Gasteiger partial charge on any atom is -0.390 e. The molecule has 29 heavy (non-hydrogen) atoms. The predicted molar refractivity (Wildman–Crippen MR) is 116 cm³/mol. The lowest BCUT2D eigenvalue weighted by molar-refractivity contribution is 0.0950. The van der Waals surface area contributed by atoms with Gasteiger partial charge in [0.05, 0.1) is 22.3 Å². The Morgan fingerprint density at radius 1 is 1.17 bits per heavy atom. The molecule has 0 fully saturated rings. The number of hydrogen-bond acceptors (Lipinski definition) is 6. The van der Waals surface area contributed by atoms with Gasteiger partial charge in [0.15, 0.2) is 5.69 Å². The van der Waals surface area contributed by atoms with Crippen molar-refractivity contribution in [3.05, 3.63) is 86.6 Å². The summed E-state index contributed by atoms with van der Waals surface area (Å²) in [6.07, 6.45) is 1.52. The fourth-order valence-corrected chi connectivity index (χ4v) is 3.67. The molecule has 0 saturated carbocycles. The number of amides is 1. The zero-order chi connectivity index (χ0) is 20.4. The predicted octanol–water partition coefficient (Wildman–Crippen LogP) is 3.45. The first kappa shape index (κ1) is 18.9. The number of fused-ring (bicyclic) bond motifs is 1. The Balaban J connectivity index is 1.76. The van der Waals surface area contributed by atoms with Crippen molar-refractivity contribution in [3.8, 4) is 5.69 Å². The molecule has 2 heterocycles. The molecule has 4 rings (SSSR count). The molecule has 7 nitrogen and oxygen atoms in total. The first-order valence-electron chi connectivity index (χ1n) is 8.49. The first-order valence-corrected chi connectivity index (χ1v) is 9.75. The van der Waals surface area contributed by atoms with E-state index in [9.17, 15) is 9.59 Å².